The number of hydrogen-bond donors (Lipinski definition) is 1. The summed E-state index contributed by atoms with van der Waals surface area (Å²) in [5.74, 6) is 0. The van der Waals surface area contributed by atoms with Gasteiger partial charge in [-0.25, -0.2) is 0 Å². The van der Waals surface area contributed by atoms with E-state index in [0.717, 1.165) is 12.1 Å². The Labute approximate surface area is 113 Å². The van der Waals surface area contributed by atoms with Gasteiger partial charge in [-0.2, -0.15) is 0 Å². The summed E-state index contributed by atoms with van der Waals surface area (Å²) in [5, 5.41) is 3.68. The molecule has 0 aromatic rings. The van der Waals surface area contributed by atoms with Crippen LogP contribution in [-0.4, -0.2) is 61.2 Å². The van der Waals surface area contributed by atoms with Crippen LogP contribution in [0.15, 0.2) is 0 Å². The fraction of sp³-hybridized carbons (Fsp3) is 1.00. The third-order valence-corrected chi connectivity index (χ3v) is 4.52. The first kappa shape index (κ1) is 14.3. The smallest absolute Gasteiger partial charge is 0.0207 e. The molecule has 0 radical (unpaired) electrons. The van der Waals surface area contributed by atoms with E-state index in [1.165, 1.54) is 71.4 Å². The van der Waals surface area contributed by atoms with Crippen molar-refractivity contribution in [1.29, 1.82) is 0 Å². The van der Waals surface area contributed by atoms with Crippen molar-refractivity contribution in [2.75, 3.05) is 39.3 Å². The quantitative estimate of drug-likeness (QED) is 0.780. The number of likely N-dealkylation sites (tertiary alicyclic amines) is 2. The summed E-state index contributed by atoms with van der Waals surface area (Å²) in [6, 6.07) is 1.63. The van der Waals surface area contributed by atoms with Gasteiger partial charge in [-0.1, -0.05) is 13.8 Å². The molecule has 2 rings (SSSR count). The van der Waals surface area contributed by atoms with E-state index in [0.29, 0.717) is 0 Å². The van der Waals surface area contributed by atoms with Gasteiger partial charge in [0.15, 0.2) is 0 Å². The van der Waals surface area contributed by atoms with E-state index in [1.54, 1.807) is 0 Å². The van der Waals surface area contributed by atoms with Crippen molar-refractivity contribution in [3.8, 4) is 0 Å². The van der Waals surface area contributed by atoms with Gasteiger partial charge in [0.1, 0.15) is 0 Å². The molecule has 1 atom stereocenters. The number of piperidine rings is 1. The summed E-state index contributed by atoms with van der Waals surface area (Å²) >= 11 is 0. The number of hydrogen-bond acceptors (Lipinski definition) is 3. The van der Waals surface area contributed by atoms with E-state index in [1.807, 2.05) is 0 Å². The molecule has 2 fully saturated rings. The zero-order valence-corrected chi connectivity index (χ0v) is 12.3. The predicted octanol–water partition coefficient (Wildman–Crippen LogP) is 1.93. The Kier molecular flexibility index (Phi) is 5.93. The SMILES string of the molecule is CCCNC1CCN(C2CCN(CCC)CC2)C1. The molecular formula is C15H31N3. The van der Waals surface area contributed by atoms with Crippen molar-refractivity contribution < 1.29 is 0 Å². The largest absolute Gasteiger partial charge is 0.313 e. The first-order valence-electron chi connectivity index (χ1n) is 8.03. The standard InChI is InChI=1S/C15H31N3/c1-3-8-16-14-5-12-18(13-14)15-6-10-17(9-4-2)11-7-15/h14-16H,3-13H2,1-2H3. The molecule has 0 amide bonds. The van der Waals surface area contributed by atoms with Crippen LogP contribution in [-0.2, 0) is 0 Å². The maximum Gasteiger partial charge on any atom is 0.0207 e. The zero-order chi connectivity index (χ0) is 12.8. The van der Waals surface area contributed by atoms with Crippen LogP contribution in [0.2, 0.25) is 0 Å². The molecule has 2 aliphatic rings. The maximum absolute atomic E-state index is 3.68. The Bertz CT molecular complexity index is 224. The fourth-order valence-electron chi connectivity index (χ4n) is 3.46. The molecule has 0 aromatic heterocycles. The topological polar surface area (TPSA) is 18.5 Å². The highest BCUT2D eigenvalue weighted by molar-refractivity contribution is 4.88. The Balaban J connectivity index is 1.68. The first-order chi connectivity index (χ1) is 8.83. The molecule has 0 aromatic carbocycles. The number of nitrogens with zero attached hydrogens (tertiary/aromatic N) is 2. The van der Waals surface area contributed by atoms with E-state index >= 15 is 0 Å². The van der Waals surface area contributed by atoms with Crippen LogP contribution >= 0.6 is 0 Å². The van der Waals surface area contributed by atoms with E-state index in [9.17, 15) is 0 Å². The highest BCUT2D eigenvalue weighted by atomic mass is 15.2. The third kappa shape index (κ3) is 3.94. The van der Waals surface area contributed by atoms with E-state index in [2.05, 4.69) is 29.0 Å². The molecule has 2 aliphatic heterocycles. The monoisotopic (exact) mass is 253 g/mol. The van der Waals surface area contributed by atoms with Crippen LogP contribution in [0.1, 0.15) is 46.0 Å². The molecule has 106 valence electrons. The van der Waals surface area contributed by atoms with Crippen LogP contribution in [0.4, 0.5) is 0 Å². The lowest BCUT2D eigenvalue weighted by atomic mass is 10.0. The lowest BCUT2D eigenvalue weighted by Gasteiger charge is -2.36. The lowest BCUT2D eigenvalue weighted by Crippen LogP contribution is -2.45. The van der Waals surface area contributed by atoms with E-state index < -0.39 is 0 Å². The third-order valence-electron chi connectivity index (χ3n) is 4.52. The van der Waals surface area contributed by atoms with Crippen LogP contribution in [0.5, 0.6) is 0 Å². The van der Waals surface area contributed by atoms with Crippen molar-refractivity contribution in [1.82, 2.24) is 15.1 Å². The molecule has 1 unspecified atom stereocenters. The van der Waals surface area contributed by atoms with Crippen LogP contribution in [0, 0.1) is 0 Å². The highest BCUT2D eigenvalue weighted by Crippen LogP contribution is 2.21. The molecular weight excluding hydrogens is 222 g/mol. The normalized spacial score (nSPS) is 28.0. The summed E-state index contributed by atoms with van der Waals surface area (Å²) in [7, 11) is 0. The summed E-state index contributed by atoms with van der Waals surface area (Å²) in [6.45, 7) is 12.3. The molecule has 1 N–H and O–H groups in total. The van der Waals surface area contributed by atoms with Crippen LogP contribution in [0.25, 0.3) is 0 Å². The van der Waals surface area contributed by atoms with Gasteiger partial charge in [0.25, 0.3) is 0 Å². The van der Waals surface area contributed by atoms with Crippen molar-refractivity contribution in [3.05, 3.63) is 0 Å². The second-order valence-electron chi connectivity index (χ2n) is 6.01. The van der Waals surface area contributed by atoms with Gasteiger partial charge in [-0.15, -0.1) is 0 Å². The van der Waals surface area contributed by atoms with Crippen molar-refractivity contribution in [3.63, 3.8) is 0 Å². The Morgan fingerprint density at radius 1 is 1.00 bits per heavy atom. The van der Waals surface area contributed by atoms with Crippen molar-refractivity contribution in [2.45, 2.75) is 58.0 Å². The summed E-state index contributed by atoms with van der Waals surface area (Å²) < 4.78 is 0. The fourth-order valence-corrected chi connectivity index (χ4v) is 3.46. The summed E-state index contributed by atoms with van der Waals surface area (Å²) in [6.07, 6.45) is 6.69. The minimum atomic E-state index is 0.763. The average Bonchev–Trinajstić information content (AvgIpc) is 2.86. The van der Waals surface area contributed by atoms with E-state index in [-0.39, 0.29) is 0 Å². The summed E-state index contributed by atoms with van der Waals surface area (Å²) in [4.78, 5) is 5.38. The van der Waals surface area contributed by atoms with Gasteiger partial charge in [-0.3, -0.25) is 4.90 Å². The highest BCUT2D eigenvalue weighted by Gasteiger charge is 2.29. The van der Waals surface area contributed by atoms with Gasteiger partial charge < -0.3 is 10.2 Å². The van der Waals surface area contributed by atoms with E-state index in [4.69, 9.17) is 0 Å². The second kappa shape index (κ2) is 7.46. The van der Waals surface area contributed by atoms with Gasteiger partial charge in [0, 0.05) is 25.2 Å². The van der Waals surface area contributed by atoms with Gasteiger partial charge in [-0.05, 0) is 58.3 Å². The average molecular weight is 253 g/mol. The maximum atomic E-state index is 3.68. The molecule has 2 heterocycles. The minimum Gasteiger partial charge on any atom is -0.313 e. The van der Waals surface area contributed by atoms with Crippen LogP contribution in [0.3, 0.4) is 0 Å². The Morgan fingerprint density at radius 2 is 1.78 bits per heavy atom. The Hall–Kier alpha value is -0.120. The van der Waals surface area contributed by atoms with Gasteiger partial charge >= 0.3 is 0 Å². The molecule has 0 bridgehead atoms. The zero-order valence-electron chi connectivity index (χ0n) is 12.3. The van der Waals surface area contributed by atoms with Crippen molar-refractivity contribution in [2.24, 2.45) is 0 Å². The molecule has 18 heavy (non-hydrogen) atoms. The predicted molar refractivity (Wildman–Crippen MR) is 78.0 cm³/mol. The molecule has 0 aliphatic carbocycles. The van der Waals surface area contributed by atoms with Gasteiger partial charge in [0.2, 0.25) is 0 Å². The minimum absolute atomic E-state index is 0.763. The Morgan fingerprint density at radius 3 is 2.44 bits per heavy atom. The molecule has 3 nitrogen and oxygen atoms in total. The number of nitrogens with one attached hydrogen (secondary N) is 1. The summed E-state index contributed by atoms with van der Waals surface area (Å²) in [5.41, 5.74) is 0. The van der Waals surface area contributed by atoms with Crippen LogP contribution < -0.4 is 5.32 Å². The molecule has 3 heteroatoms. The molecule has 0 spiro atoms. The first-order valence-corrected chi connectivity index (χ1v) is 8.03. The molecule has 0 saturated carbocycles. The second-order valence-corrected chi connectivity index (χ2v) is 6.01. The lowest BCUT2D eigenvalue weighted by molar-refractivity contribution is 0.125. The number of rotatable bonds is 6. The van der Waals surface area contributed by atoms with Crippen molar-refractivity contribution >= 4 is 0 Å². The molecule has 2 saturated heterocycles. The van der Waals surface area contributed by atoms with Gasteiger partial charge in [0.05, 0.1) is 0 Å².